The number of nitrogens with one attached hydrogen (secondary N) is 1. The van der Waals surface area contributed by atoms with E-state index in [1.54, 1.807) is 4.90 Å². The van der Waals surface area contributed by atoms with Crippen molar-refractivity contribution in [1.29, 1.82) is 0 Å². The molecular formula is C25H29F3N4O4. The number of amides is 1. The van der Waals surface area contributed by atoms with Crippen molar-refractivity contribution >= 4 is 23.0 Å². The van der Waals surface area contributed by atoms with Gasteiger partial charge in [-0.2, -0.15) is 13.2 Å². The average molecular weight is 507 g/mol. The highest BCUT2D eigenvalue weighted by Gasteiger charge is 2.38. The van der Waals surface area contributed by atoms with Crippen molar-refractivity contribution < 1.29 is 27.6 Å². The molecule has 1 saturated heterocycles. The van der Waals surface area contributed by atoms with E-state index in [0.29, 0.717) is 32.4 Å². The van der Waals surface area contributed by atoms with Gasteiger partial charge in [0.15, 0.2) is 0 Å². The fourth-order valence-electron chi connectivity index (χ4n) is 4.72. The highest BCUT2D eigenvalue weighted by Crippen LogP contribution is 2.38. The average Bonchev–Trinajstić information content (AvgIpc) is 3.29. The van der Waals surface area contributed by atoms with Gasteiger partial charge in [0.05, 0.1) is 11.0 Å². The maximum absolute atomic E-state index is 13.2. The zero-order chi connectivity index (χ0) is 25.9. The highest BCUT2D eigenvalue weighted by molar-refractivity contribution is 5.77. The fourth-order valence-corrected chi connectivity index (χ4v) is 4.72. The number of rotatable bonds is 7. The molecule has 8 nitrogen and oxygen atoms in total. The van der Waals surface area contributed by atoms with E-state index in [9.17, 15) is 28.1 Å². The zero-order valence-electron chi connectivity index (χ0n) is 20.0. The first-order valence-corrected chi connectivity index (χ1v) is 11.9. The highest BCUT2D eigenvalue weighted by atomic mass is 19.4. The number of carbonyl (C=O) groups is 1. The number of anilines is 2. The third kappa shape index (κ3) is 6.26. The van der Waals surface area contributed by atoms with Crippen molar-refractivity contribution in [3.8, 4) is 0 Å². The third-order valence-electron chi connectivity index (χ3n) is 6.73. The quantitative estimate of drug-likeness (QED) is 0.436. The summed E-state index contributed by atoms with van der Waals surface area (Å²) in [6.07, 6.45) is -3.14. The van der Waals surface area contributed by atoms with Crippen LogP contribution in [0.1, 0.15) is 30.4 Å². The topological polar surface area (TPSA) is 88.0 Å². The third-order valence-corrected chi connectivity index (χ3v) is 6.73. The first kappa shape index (κ1) is 25.7. The van der Waals surface area contributed by atoms with Crippen LogP contribution in [0.2, 0.25) is 0 Å². The lowest BCUT2D eigenvalue weighted by Gasteiger charge is -2.36. The van der Waals surface area contributed by atoms with Crippen LogP contribution in [0.4, 0.5) is 30.2 Å². The summed E-state index contributed by atoms with van der Waals surface area (Å²) in [6.45, 7) is 4.75. The van der Waals surface area contributed by atoms with E-state index in [1.165, 1.54) is 11.6 Å². The number of aryl methyl sites for hydroxylation is 1. The van der Waals surface area contributed by atoms with Gasteiger partial charge in [-0.05, 0) is 50.5 Å². The lowest BCUT2D eigenvalue weighted by Crippen LogP contribution is -2.50. The van der Waals surface area contributed by atoms with Gasteiger partial charge in [-0.25, -0.2) is 0 Å². The molecule has 2 aromatic rings. The lowest BCUT2D eigenvalue weighted by atomic mass is 10.1. The monoisotopic (exact) mass is 506 g/mol. The molecule has 2 fully saturated rings. The van der Waals surface area contributed by atoms with Crippen LogP contribution in [-0.4, -0.2) is 60.7 Å². The van der Waals surface area contributed by atoms with Crippen LogP contribution in [0, 0.1) is 17.0 Å². The van der Waals surface area contributed by atoms with Gasteiger partial charge in [0, 0.05) is 49.7 Å². The summed E-state index contributed by atoms with van der Waals surface area (Å²) in [5.74, 6) is -0.0693. The number of hydrogen-bond acceptors (Lipinski definition) is 6. The Hall–Kier alpha value is -3.34. The Labute approximate surface area is 207 Å². The largest absolute Gasteiger partial charge is 0.423 e. The van der Waals surface area contributed by atoms with E-state index in [2.05, 4.69) is 34.5 Å². The van der Waals surface area contributed by atoms with Crippen molar-refractivity contribution in [2.24, 2.45) is 0 Å². The summed E-state index contributed by atoms with van der Waals surface area (Å²) in [5.41, 5.74) is 0.257. The summed E-state index contributed by atoms with van der Waals surface area (Å²) in [4.78, 5) is 26.6. The number of hydrogen-bond donors (Lipinski definition) is 1. The van der Waals surface area contributed by atoms with E-state index >= 15 is 0 Å². The Morgan fingerprint density at radius 3 is 2.44 bits per heavy atom. The van der Waals surface area contributed by atoms with Gasteiger partial charge in [0.1, 0.15) is 12.2 Å². The Morgan fingerprint density at radius 2 is 1.81 bits per heavy atom. The smallest absolute Gasteiger partial charge is 0.382 e. The fraction of sp³-hybridized carbons (Fsp3) is 0.480. The predicted octanol–water partition coefficient (Wildman–Crippen LogP) is 4.62. The summed E-state index contributed by atoms with van der Waals surface area (Å²) < 4.78 is 45.5. The van der Waals surface area contributed by atoms with Crippen molar-refractivity contribution in [3.63, 3.8) is 0 Å². The molecule has 0 spiro atoms. The molecule has 11 heteroatoms. The van der Waals surface area contributed by atoms with E-state index in [4.69, 9.17) is 4.74 Å². The van der Waals surface area contributed by atoms with Gasteiger partial charge in [-0.3, -0.25) is 14.9 Å². The van der Waals surface area contributed by atoms with Crippen molar-refractivity contribution in [1.82, 2.24) is 4.90 Å². The number of nitro benzene ring substituents is 1. The second kappa shape index (κ2) is 10.7. The number of carbonyl (C=O) groups excluding carboxylic acids is 1. The molecule has 1 unspecified atom stereocenters. The molecule has 194 valence electrons. The SMILES string of the molecule is Cc1ccc(N2CCN(C(=O)COC3CC[C@@H](Nc4ccc([N+](=O)[O-])c(C(F)(F)F)c4)C3)CC2)cc1. The van der Waals surface area contributed by atoms with Gasteiger partial charge in [-0.1, -0.05) is 17.7 Å². The van der Waals surface area contributed by atoms with Crippen molar-refractivity contribution in [3.05, 3.63) is 63.7 Å². The number of halogens is 3. The molecular weight excluding hydrogens is 477 g/mol. The number of ether oxygens (including phenoxy) is 1. The second-order valence-electron chi connectivity index (χ2n) is 9.28. The van der Waals surface area contributed by atoms with Crippen LogP contribution in [-0.2, 0) is 15.7 Å². The van der Waals surface area contributed by atoms with Crippen LogP contribution in [0.15, 0.2) is 42.5 Å². The Balaban J connectivity index is 1.23. The van der Waals surface area contributed by atoms with Gasteiger partial charge < -0.3 is 19.9 Å². The number of alkyl halides is 3. The van der Waals surface area contributed by atoms with Crippen molar-refractivity contribution in [2.75, 3.05) is 43.0 Å². The van der Waals surface area contributed by atoms with E-state index in [-0.39, 0.29) is 30.3 Å². The molecule has 1 aliphatic heterocycles. The van der Waals surface area contributed by atoms with Crippen molar-refractivity contribution in [2.45, 2.75) is 44.5 Å². The summed E-state index contributed by atoms with van der Waals surface area (Å²) in [5, 5.41) is 14.0. The van der Waals surface area contributed by atoms with Gasteiger partial charge in [0.2, 0.25) is 5.91 Å². The second-order valence-corrected chi connectivity index (χ2v) is 9.28. The molecule has 2 atom stereocenters. The van der Waals surface area contributed by atoms with Crippen LogP contribution in [0.3, 0.4) is 0 Å². The van der Waals surface area contributed by atoms with Gasteiger partial charge in [0.25, 0.3) is 5.69 Å². The molecule has 1 heterocycles. The molecule has 4 rings (SSSR count). The predicted molar refractivity (Wildman–Crippen MR) is 129 cm³/mol. The minimum atomic E-state index is -4.83. The standard InChI is InChI=1S/C25H29F3N4O4/c1-17-2-6-20(7-3-17)30-10-12-31(13-11-30)24(33)16-36-21-8-4-18(14-21)29-19-5-9-23(32(34)35)22(15-19)25(26,27)28/h2-3,5-7,9,15,18,21,29H,4,8,10-14,16H2,1H3/t18-,21?/m1/s1. The van der Waals surface area contributed by atoms with Gasteiger partial charge in [-0.15, -0.1) is 0 Å². The first-order valence-electron chi connectivity index (χ1n) is 11.9. The molecule has 36 heavy (non-hydrogen) atoms. The number of piperazine rings is 1. The van der Waals surface area contributed by atoms with Crippen LogP contribution >= 0.6 is 0 Å². The maximum atomic E-state index is 13.2. The lowest BCUT2D eigenvalue weighted by molar-refractivity contribution is -0.388. The Bertz CT molecular complexity index is 1090. The molecule has 1 saturated carbocycles. The minimum Gasteiger partial charge on any atom is -0.382 e. The molecule has 1 N–H and O–H groups in total. The Morgan fingerprint density at radius 1 is 1.11 bits per heavy atom. The summed E-state index contributed by atoms with van der Waals surface area (Å²) in [7, 11) is 0. The number of nitro groups is 1. The molecule has 1 amide bonds. The molecule has 2 aromatic carbocycles. The number of nitrogens with zero attached hydrogens (tertiary/aromatic N) is 3. The molecule has 0 bridgehead atoms. The Kier molecular flexibility index (Phi) is 7.67. The first-order chi connectivity index (χ1) is 17.1. The van der Waals surface area contributed by atoms with Gasteiger partial charge >= 0.3 is 6.18 Å². The zero-order valence-corrected chi connectivity index (χ0v) is 20.0. The minimum absolute atomic E-state index is 0.0301. The van der Waals surface area contributed by atoms with E-state index in [1.807, 2.05) is 6.92 Å². The molecule has 1 aliphatic carbocycles. The molecule has 0 aromatic heterocycles. The molecule has 0 radical (unpaired) electrons. The van der Waals surface area contributed by atoms with E-state index < -0.39 is 22.4 Å². The number of benzene rings is 2. The summed E-state index contributed by atoms with van der Waals surface area (Å²) in [6, 6.07) is 11.1. The molecule has 2 aliphatic rings. The van der Waals surface area contributed by atoms with Crippen LogP contribution in [0.25, 0.3) is 0 Å². The maximum Gasteiger partial charge on any atom is 0.423 e. The summed E-state index contributed by atoms with van der Waals surface area (Å²) >= 11 is 0. The van der Waals surface area contributed by atoms with Crippen LogP contribution in [0.5, 0.6) is 0 Å². The normalized spacial score (nSPS) is 20.4. The van der Waals surface area contributed by atoms with Crippen LogP contribution < -0.4 is 10.2 Å². The van der Waals surface area contributed by atoms with E-state index in [0.717, 1.165) is 30.9 Å².